The van der Waals surface area contributed by atoms with Gasteiger partial charge in [-0.25, -0.2) is 16.8 Å². The number of aryl methyl sites for hydroxylation is 4. The van der Waals surface area contributed by atoms with Gasteiger partial charge in [0.1, 0.15) is 0 Å². The second kappa shape index (κ2) is 9.13. The van der Waals surface area contributed by atoms with Crippen LogP contribution in [0, 0.1) is 55.4 Å². The molecule has 1 heterocycles. The zero-order valence-electron chi connectivity index (χ0n) is 21.0. The molecular weight excluding hydrogens is 456 g/mol. The van der Waals surface area contributed by atoms with E-state index >= 15 is 0 Å². The second-order valence-electron chi connectivity index (χ2n) is 9.34. The van der Waals surface area contributed by atoms with Crippen LogP contribution in [0.25, 0.3) is 0 Å². The largest absolute Gasteiger partial charge is 0.243 e. The van der Waals surface area contributed by atoms with Gasteiger partial charge in [-0.2, -0.15) is 8.61 Å². The predicted molar refractivity (Wildman–Crippen MR) is 133 cm³/mol. The van der Waals surface area contributed by atoms with E-state index in [1.165, 1.54) is 8.61 Å². The lowest BCUT2D eigenvalue weighted by Crippen LogP contribution is -2.38. The maximum atomic E-state index is 13.7. The molecule has 0 unspecified atom stereocenters. The van der Waals surface area contributed by atoms with E-state index in [1.807, 2.05) is 67.5 Å². The van der Waals surface area contributed by atoms with Gasteiger partial charge in [0.25, 0.3) is 0 Å². The van der Waals surface area contributed by atoms with Gasteiger partial charge in [-0.15, -0.1) is 0 Å². The first-order chi connectivity index (χ1) is 15.2. The van der Waals surface area contributed by atoms with Crippen LogP contribution in [0.15, 0.2) is 21.9 Å². The monoisotopic (exact) mass is 492 g/mol. The average molecular weight is 493 g/mol. The molecule has 0 amide bonds. The van der Waals surface area contributed by atoms with Crippen molar-refractivity contribution in [2.75, 3.05) is 26.2 Å². The van der Waals surface area contributed by atoms with E-state index in [1.54, 1.807) is 0 Å². The first-order valence-corrected chi connectivity index (χ1v) is 14.2. The minimum absolute atomic E-state index is 0.135. The first-order valence-electron chi connectivity index (χ1n) is 11.4. The van der Waals surface area contributed by atoms with E-state index in [2.05, 4.69) is 0 Å². The van der Waals surface area contributed by atoms with Crippen LogP contribution < -0.4 is 0 Å². The molecule has 6 nitrogen and oxygen atoms in total. The first kappa shape index (κ1) is 25.9. The molecule has 2 aromatic carbocycles. The van der Waals surface area contributed by atoms with Crippen molar-refractivity contribution in [2.45, 2.75) is 71.6 Å². The molecule has 2 aromatic rings. The molecule has 1 aliphatic heterocycles. The van der Waals surface area contributed by atoms with Crippen LogP contribution in [0.1, 0.15) is 50.9 Å². The van der Waals surface area contributed by atoms with Crippen LogP contribution in [0.5, 0.6) is 0 Å². The third kappa shape index (κ3) is 4.50. The van der Waals surface area contributed by atoms with Gasteiger partial charge < -0.3 is 0 Å². The summed E-state index contributed by atoms with van der Waals surface area (Å²) in [4.78, 5) is 0.717. The van der Waals surface area contributed by atoms with Crippen molar-refractivity contribution in [3.8, 4) is 0 Å². The quantitative estimate of drug-likeness (QED) is 0.640. The zero-order valence-corrected chi connectivity index (χ0v) is 22.7. The van der Waals surface area contributed by atoms with Gasteiger partial charge in [0.15, 0.2) is 0 Å². The molecule has 0 radical (unpaired) electrons. The fourth-order valence-corrected chi connectivity index (χ4v) is 8.84. The molecule has 8 heteroatoms. The smallest absolute Gasteiger partial charge is 0.207 e. The van der Waals surface area contributed by atoms with Gasteiger partial charge in [0, 0.05) is 26.2 Å². The summed E-state index contributed by atoms with van der Waals surface area (Å²) in [7, 11) is -7.49. The summed E-state index contributed by atoms with van der Waals surface area (Å²) < 4.78 is 57.6. The summed E-state index contributed by atoms with van der Waals surface area (Å²) in [5, 5.41) is 0. The molecule has 3 rings (SSSR count). The minimum Gasteiger partial charge on any atom is -0.207 e. The summed E-state index contributed by atoms with van der Waals surface area (Å²) in [5.74, 6) is 0. The summed E-state index contributed by atoms with van der Waals surface area (Å²) >= 11 is 0. The maximum absolute atomic E-state index is 13.7. The van der Waals surface area contributed by atoms with Gasteiger partial charge in [-0.1, -0.05) is 12.1 Å². The fourth-order valence-electron chi connectivity index (χ4n) is 4.74. The lowest BCUT2D eigenvalue weighted by atomic mass is 10.0. The highest BCUT2D eigenvalue weighted by molar-refractivity contribution is 7.89. The van der Waals surface area contributed by atoms with Gasteiger partial charge in [-0.05, 0) is 106 Å². The van der Waals surface area contributed by atoms with Crippen molar-refractivity contribution in [3.63, 3.8) is 0 Å². The molecule has 1 fully saturated rings. The number of benzene rings is 2. The van der Waals surface area contributed by atoms with Crippen LogP contribution in [0.2, 0.25) is 0 Å². The second-order valence-corrected chi connectivity index (χ2v) is 13.1. The van der Waals surface area contributed by atoms with Crippen LogP contribution in [0.3, 0.4) is 0 Å². The van der Waals surface area contributed by atoms with Gasteiger partial charge in [0.05, 0.1) is 9.79 Å². The standard InChI is InChI=1S/C25H36N2O4S2/c1-16-14-17(2)21(6)24(20(16)5)32(28,29)26-10-9-11-27(13-12-26)33(30,31)25-22(7)18(3)15-19(4)23(25)8/h14-15H,9-13H2,1-8H3. The number of hydrogen-bond acceptors (Lipinski definition) is 4. The molecule has 0 atom stereocenters. The van der Waals surface area contributed by atoms with E-state index in [0.717, 1.165) is 44.5 Å². The van der Waals surface area contributed by atoms with Crippen molar-refractivity contribution < 1.29 is 16.8 Å². The molecular formula is C25H36N2O4S2. The third-order valence-corrected chi connectivity index (χ3v) is 11.6. The Hall–Kier alpha value is -1.74. The zero-order chi connectivity index (χ0) is 24.9. The summed E-state index contributed by atoms with van der Waals surface area (Å²) in [5.41, 5.74) is 6.80. The van der Waals surface area contributed by atoms with Crippen molar-refractivity contribution in [1.29, 1.82) is 0 Å². The van der Waals surface area contributed by atoms with Gasteiger partial charge >= 0.3 is 0 Å². The Morgan fingerprint density at radius 3 is 1.06 bits per heavy atom. The van der Waals surface area contributed by atoms with Crippen molar-refractivity contribution in [2.24, 2.45) is 0 Å². The predicted octanol–water partition coefficient (Wildman–Crippen LogP) is 4.24. The fraction of sp³-hybridized carbons (Fsp3) is 0.520. The molecule has 0 spiro atoms. The molecule has 0 saturated carbocycles. The molecule has 1 saturated heterocycles. The highest BCUT2D eigenvalue weighted by Crippen LogP contribution is 2.32. The van der Waals surface area contributed by atoms with Crippen molar-refractivity contribution in [3.05, 3.63) is 56.6 Å². The summed E-state index contributed by atoms with van der Waals surface area (Å²) in [6, 6.07) is 4.02. The highest BCUT2D eigenvalue weighted by atomic mass is 32.2. The van der Waals surface area contributed by atoms with Crippen LogP contribution in [-0.4, -0.2) is 51.6 Å². The SMILES string of the molecule is Cc1cc(C)c(C)c(S(=O)(=O)N2CCCN(S(=O)(=O)c3c(C)c(C)cc(C)c3C)CC2)c1C. The van der Waals surface area contributed by atoms with E-state index in [0.29, 0.717) is 29.3 Å². The van der Waals surface area contributed by atoms with E-state index in [9.17, 15) is 16.8 Å². The molecule has 0 N–H and O–H groups in total. The lowest BCUT2D eigenvalue weighted by molar-refractivity contribution is 0.404. The average Bonchev–Trinajstić information content (AvgIpc) is 2.98. The molecule has 182 valence electrons. The van der Waals surface area contributed by atoms with Gasteiger partial charge in [0.2, 0.25) is 20.0 Å². The Kier molecular flexibility index (Phi) is 7.16. The number of hydrogen-bond donors (Lipinski definition) is 0. The number of sulfonamides is 2. The third-order valence-electron chi connectivity index (χ3n) is 7.20. The Morgan fingerprint density at radius 2 is 0.788 bits per heavy atom. The Balaban J connectivity index is 1.97. The Morgan fingerprint density at radius 1 is 0.515 bits per heavy atom. The van der Waals surface area contributed by atoms with E-state index < -0.39 is 20.0 Å². The number of nitrogens with zero attached hydrogens (tertiary/aromatic N) is 2. The molecule has 0 bridgehead atoms. The Bertz CT molecular complexity index is 1160. The minimum atomic E-state index is -3.74. The van der Waals surface area contributed by atoms with Crippen LogP contribution >= 0.6 is 0 Å². The summed E-state index contributed by atoms with van der Waals surface area (Å²) in [6.45, 7) is 15.9. The van der Waals surface area contributed by atoms with E-state index in [-0.39, 0.29) is 13.1 Å². The van der Waals surface area contributed by atoms with Crippen molar-refractivity contribution >= 4 is 20.0 Å². The van der Waals surface area contributed by atoms with Crippen LogP contribution in [-0.2, 0) is 20.0 Å². The van der Waals surface area contributed by atoms with Crippen molar-refractivity contribution in [1.82, 2.24) is 8.61 Å². The summed E-state index contributed by atoms with van der Waals surface area (Å²) in [6.07, 6.45) is 0.449. The Labute approximate surface area is 199 Å². The topological polar surface area (TPSA) is 74.8 Å². The maximum Gasteiger partial charge on any atom is 0.243 e. The number of rotatable bonds is 4. The molecule has 0 aliphatic carbocycles. The highest BCUT2D eigenvalue weighted by Gasteiger charge is 2.35. The van der Waals surface area contributed by atoms with Gasteiger partial charge in [-0.3, -0.25) is 0 Å². The van der Waals surface area contributed by atoms with Crippen LogP contribution in [0.4, 0.5) is 0 Å². The molecule has 0 aromatic heterocycles. The molecule has 1 aliphatic rings. The molecule has 33 heavy (non-hydrogen) atoms. The lowest BCUT2D eigenvalue weighted by Gasteiger charge is -2.25. The van der Waals surface area contributed by atoms with E-state index in [4.69, 9.17) is 0 Å². The normalized spacial score (nSPS) is 16.7.